The van der Waals surface area contributed by atoms with Gasteiger partial charge >= 0.3 is 57.4 Å². The van der Waals surface area contributed by atoms with Crippen LogP contribution in [0.4, 0.5) is 0 Å². The summed E-state index contributed by atoms with van der Waals surface area (Å²) in [5, 5.41) is 8.93. The molecule has 0 atom stereocenters. The summed E-state index contributed by atoms with van der Waals surface area (Å²) in [6, 6.07) is 1.07. The zero-order chi connectivity index (χ0) is 13.1. The molecule has 1 rings (SSSR count). The van der Waals surface area contributed by atoms with Crippen LogP contribution in [-0.4, -0.2) is 35.3 Å². The zero-order valence-corrected chi connectivity index (χ0v) is 16.0. The van der Waals surface area contributed by atoms with Gasteiger partial charge in [0.25, 0.3) is 0 Å². The number of imidazole rings is 1. The molecular formula is C11H21KN2O3Si. The number of ether oxygens (including phenoxy) is 1. The molecule has 0 aromatic carbocycles. The van der Waals surface area contributed by atoms with E-state index in [2.05, 4.69) is 24.6 Å². The minimum absolute atomic E-state index is 0. The van der Waals surface area contributed by atoms with Crippen LogP contribution in [-0.2, 0) is 11.5 Å². The molecule has 7 heteroatoms. The third-order valence-corrected chi connectivity index (χ3v) is 4.17. The predicted octanol–water partition coefficient (Wildman–Crippen LogP) is -0.681. The van der Waals surface area contributed by atoms with Crippen molar-refractivity contribution in [1.29, 1.82) is 0 Å². The average molecular weight is 296 g/mol. The van der Waals surface area contributed by atoms with E-state index in [0.29, 0.717) is 6.61 Å². The van der Waals surface area contributed by atoms with E-state index in [-0.39, 0.29) is 65.4 Å². The van der Waals surface area contributed by atoms with E-state index in [9.17, 15) is 4.79 Å². The molecule has 98 valence electrons. The largest absolute Gasteiger partial charge is 1.00 e. The maximum Gasteiger partial charge on any atom is 1.00 e. The molecule has 1 aromatic heterocycles. The van der Waals surface area contributed by atoms with Crippen molar-refractivity contribution < 1.29 is 67.4 Å². The molecule has 1 N–H and O–H groups in total. The summed E-state index contributed by atoms with van der Waals surface area (Å²) >= 11 is 0. The van der Waals surface area contributed by atoms with Gasteiger partial charge in [-0.25, -0.2) is 9.78 Å². The number of rotatable bonds is 6. The number of aromatic carboxylic acids is 1. The Morgan fingerprint density at radius 1 is 1.56 bits per heavy atom. The van der Waals surface area contributed by atoms with Crippen LogP contribution < -0.4 is 51.4 Å². The maximum atomic E-state index is 10.9. The molecule has 0 saturated heterocycles. The summed E-state index contributed by atoms with van der Waals surface area (Å²) in [4.78, 5) is 14.7. The summed E-state index contributed by atoms with van der Waals surface area (Å²) < 4.78 is 7.10. The van der Waals surface area contributed by atoms with Gasteiger partial charge in [0.15, 0.2) is 0 Å². The number of aromatic nitrogens is 2. The first-order valence-electron chi connectivity index (χ1n) is 5.64. The standard InChI is InChI=1S/C11H20N2O3Si.K.H/c1-9-7-12-10(11(14)15)13(9)8-16-5-6-17(2,3)4;;/h7H,5-6,8H2,1-4H3,(H,14,15);;/q;+1;-1. The predicted molar refractivity (Wildman–Crippen MR) is 69.1 cm³/mol. The summed E-state index contributed by atoms with van der Waals surface area (Å²) in [6.07, 6.45) is 1.55. The topological polar surface area (TPSA) is 64.3 Å². The molecule has 0 aliphatic carbocycles. The van der Waals surface area contributed by atoms with Gasteiger partial charge in [-0.15, -0.1) is 0 Å². The number of carboxylic acid groups (broad SMARTS) is 1. The van der Waals surface area contributed by atoms with Crippen LogP contribution in [0.3, 0.4) is 0 Å². The van der Waals surface area contributed by atoms with Crippen LogP contribution in [0.2, 0.25) is 25.7 Å². The van der Waals surface area contributed by atoms with Crippen LogP contribution in [0.1, 0.15) is 17.7 Å². The van der Waals surface area contributed by atoms with Gasteiger partial charge in [0.05, 0.1) is 0 Å². The maximum absolute atomic E-state index is 10.9. The molecule has 0 radical (unpaired) electrons. The second-order valence-electron chi connectivity index (χ2n) is 5.30. The molecule has 1 heterocycles. The number of aryl methyl sites for hydroxylation is 1. The molecule has 0 aliphatic rings. The smallest absolute Gasteiger partial charge is 1.00 e. The number of hydrogen-bond acceptors (Lipinski definition) is 3. The first-order chi connectivity index (χ1) is 7.81. The Balaban J connectivity index is 0. The first-order valence-corrected chi connectivity index (χ1v) is 9.35. The number of carboxylic acids is 1. The van der Waals surface area contributed by atoms with Crippen molar-refractivity contribution >= 4 is 14.0 Å². The molecule has 0 saturated carbocycles. The van der Waals surface area contributed by atoms with Crippen molar-refractivity contribution in [2.24, 2.45) is 0 Å². The normalized spacial score (nSPS) is 11.1. The zero-order valence-electron chi connectivity index (χ0n) is 12.9. The van der Waals surface area contributed by atoms with E-state index in [1.54, 1.807) is 10.8 Å². The summed E-state index contributed by atoms with van der Waals surface area (Å²) in [7, 11) is -1.09. The van der Waals surface area contributed by atoms with Gasteiger partial charge in [-0.3, -0.25) is 4.57 Å². The summed E-state index contributed by atoms with van der Waals surface area (Å²) in [6.45, 7) is 9.59. The van der Waals surface area contributed by atoms with Gasteiger partial charge in [0, 0.05) is 26.6 Å². The van der Waals surface area contributed by atoms with Gasteiger partial charge < -0.3 is 11.3 Å². The Labute approximate surface area is 153 Å². The Morgan fingerprint density at radius 3 is 2.67 bits per heavy atom. The fourth-order valence-electron chi connectivity index (χ4n) is 1.33. The molecule has 0 amide bonds. The van der Waals surface area contributed by atoms with E-state index in [1.807, 2.05) is 6.92 Å². The first kappa shape index (κ1) is 18.5. The van der Waals surface area contributed by atoms with Crippen LogP contribution >= 0.6 is 0 Å². The molecule has 0 bridgehead atoms. The van der Waals surface area contributed by atoms with Crippen molar-refractivity contribution in [3.8, 4) is 0 Å². The van der Waals surface area contributed by atoms with Crippen molar-refractivity contribution in [2.45, 2.75) is 39.3 Å². The molecule has 5 nitrogen and oxygen atoms in total. The van der Waals surface area contributed by atoms with Gasteiger partial charge in [0.1, 0.15) is 6.73 Å². The summed E-state index contributed by atoms with van der Waals surface area (Å²) in [5.41, 5.74) is 0.801. The fraction of sp³-hybridized carbons (Fsp3) is 0.636. The Morgan fingerprint density at radius 2 is 2.17 bits per heavy atom. The SMILES string of the molecule is Cc1cnc(C(=O)O)n1COCC[Si](C)(C)C.[H-].[K+]. The molecule has 0 fully saturated rings. The minimum Gasteiger partial charge on any atom is -1.00 e. The molecular weight excluding hydrogens is 275 g/mol. The second-order valence-corrected chi connectivity index (χ2v) is 10.9. The van der Waals surface area contributed by atoms with Gasteiger partial charge in [-0.05, 0) is 13.0 Å². The van der Waals surface area contributed by atoms with Crippen LogP contribution in [0.25, 0.3) is 0 Å². The van der Waals surface area contributed by atoms with Crippen LogP contribution in [0, 0.1) is 6.92 Å². The Kier molecular flexibility index (Phi) is 8.15. The number of nitrogens with zero attached hydrogens (tertiary/aromatic N) is 2. The Bertz CT molecular complexity index is 407. The van der Waals surface area contributed by atoms with Crippen molar-refractivity contribution in [2.75, 3.05) is 6.61 Å². The van der Waals surface area contributed by atoms with E-state index < -0.39 is 14.0 Å². The van der Waals surface area contributed by atoms with Crippen molar-refractivity contribution in [1.82, 2.24) is 9.55 Å². The quantitative estimate of drug-likeness (QED) is 0.558. The average Bonchev–Trinajstić information content (AvgIpc) is 2.53. The van der Waals surface area contributed by atoms with Gasteiger partial charge in [-0.2, -0.15) is 0 Å². The minimum atomic E-state index is -1.09. The van der Waals surface area contributed by atoms with Crippen LogP contribution in [0.15, 0.2) is 6.20 Å². The molecule has 0 aliphatic heterocycles. The van der Waals surface area contributed by atoms with E-state index in [0.717, 1.165) is 11.7 Å². The monoisotopic (exact) mass is 296 g/mol. The van der Waals surface area contributed by atoms with E-state index >= 15 is 0 Å². The molecule has 1 aromatic rings. The number of hydrogen-bond donors (Lipinski definition) is 1. The third kappa shape index (κ3) is 6.09. The van der Waals surface area contributed by atoms with Gasteiger partial charge in [0.2, 0.25) is 5.82 Å². The van der Waals surface area contributed by atoms with Crippen molar-refractivity contribution in [3.05, 3.63) is 17.7 Å². The van der Waals surface area contributed by atoms with E-state index in [1.165, 1.54) is 0 Å². The third-order valence-electron chi connectivity index (χ3n) is 2.46. The van der Waals surface area contributed by atoms with E-state index in [4.69, 9.17) is 9.84 Å². The van der Waals surface area contributed by atoms with Gasteiger partial charge in [-0.1, -0.05) is 19.6 Å². The Hall–Kier alpha value is 0.493. The molecule has 18 heavy (non-hydrogen) atoms. The van der Waals surface area contributed by atoms with Crippen molar-refractivity contribution in [3.63, 3.8) is 0 Å². The second kappa shape index (κ2) is 7.93. The summed E-state index contributed by atoms with van der Waals surface area (Å²) in [5.74, 6) is -0.984. The molecule has 0 spiro atoms. The fourth-order valence-corrected chi connectivity index (χ4v) is 2.09. The molecule has 0 unspecified atom stereocenters. The van der Waals surface area contributed by atoms with Crippen LogP contribution in [0.5, 0.6) is 0 Å². The number of carbonyl (C=O) groups is 1.